The normalized spacial score (nSPS) is 13.8. The largest absolute Gasteiger partial charge is 0.455 e. The van der Waals surface area contributed by atoms with E-state index in [2.05, 4.69) is 279 Å². The van der Waals surface area contributed by atoms with Gasteiger partial charge in [-0.05, 0) is 211 Å². The highest BCUT2D eigenvalue weighted by Gasteiger charge is 2.26. The Morgan fingerprint density at radius 1 is 0.256 bits per heavy atom. The number of nitrogens with zero attached hydrogens (tertiary/aromatic N) is 4. The molecule has 90 heavy (non-hydrogen) atoms. The van der Waals surface area contributed by atoms with E-state index >= 15 is 0 Å². The minimum Gasteiger partial charge on any atom is -0.455 e. The molecule has 0 radical (unpaired) electrons. The number of aromatic nitrogens is 4. The summed E-state index contributed by atoms with van der Waals surface area (Å²) in [6.07, 6.45) is 20.5. The number of hydrogen-bond acceptors (Lipinski definition) is 2. The first-order valence-electron chi connectivity index (χ1n) is 31.7. The smallest absolute Gasteiger partial charge is 0.143 e. The molecule has 6 aromatic heterocycles. The number of hydrogen-bond donors (Lipinski definition) is 0. The van der Waals surface area contributed by atoms with E-state index in [1.54, 1.807) is 0 Å². The Hall–Kier alpha value is -11.3. The quantitative estimate of drug-likeness (QED) is 0.160. The van der Waals surface area contributed by atoms with Crippen molar-refractivity contribution in [3.63, 3.8) is 0 Å². The summed E-state index contributed by atoms with van der Waals surface area (Å²) in [6, 6.07) is 85.3. The summed E-state index contributed by atoms with van der Waals surface area (Å²) in [5.74, 6) is 0. The van der Waals surface area contributed by atoms with Crippen molar-refractivity contribution in [1.82, 2.24) is 18.3 Å². The molecule has 0 spiro atoms. The van der Waals surface area contributed by atoms with Crippen LogP contribution in [0.25, 0.3) is 173 Å². The predicted octanol–water partition coefficient (Wildman–Crippen LogP) is 22.3. The van der Waals surface area contributed by atoms with E-state index in [1.165, 1.54) is 71.9 Å². The van der Waals surface area contributed by atoms with Crippen molar-refractivity contribution in [3.05, 3.63) is 283 Å². The third kappa shape index (κ3) is 7.21. The Balaban J connectivity index is 0.769. The minimum absolute atomic E-state index is 0.896. The average molecular weight is 1150 g/mol. The van der Waals surface area contributed by atoms with Crippen LogP contribution in [-0.2, 0) is 19.3 Å². The maximum absolute atomic E-state index is 6.69. The molecule has 3 aliphatic carbocycles. The van der Waals surface area contributed by atoms with Crippen LogP contribution >= 0.6 is 0 Å². The second-order valence-electron chi connectivity index (χ2n) is 24.8. The first kappa shape index (κ1) is 49.7. The lowest BCUT2D eigenvalue weighted by atomic mass is 9.94. The molecule has 11 aromatic carbocycles. The second-order valence-corrected chi connectivity index (χ2v) is 24.8. The maximum atomic E-state index is 6.69. The van der Waals surface area contributed by atoms with Gasteiger partial charge in [0.05, 0.1) is 27.6 Å². The van der Waals surface area contributed by atoms with Crippen LogP contribution in [0, 0.1) is 0 Å². The van der Waals surface area contributed by atoms with E-state index in [1.807, 2.05) is 6.07 Å². The van der Waals surface area contributed by atoms with Crippen molar-refractivity contribution in [2.24, 2.45) is 0 Å². The third-order valence-corrected chi connectivity index (χ3v) is 20.0. The molecule has 0 amide bonds. The van der Waals surface area contributed by atoms with Crippen LogP contribution in [0.4, 0.5) is 0 Å². The predicted molar refractivity (Wildman–Crippen MR) is 374 cm³/mol. The molecule has 6 heterocycles. The average Bonchev–Trinajstić information content (AvgIpc) is 1.68. The van der Waals surface area contributed by atoms with Crippen molar-refractivity contribution >= 4 is 117 Å². The summed E-state index contributed by atoms with van der Waals surface area (Å²) >= 11 is 0. The first-order chi connectivity index (χ1) is 44.6. The van der Waals surface area contributed by atoms with Gasteiger partial charge in [0.1, 0.15) is 22.3 Å². The molecule has 0 bridgehead atoms. The van der Waals surface area contributed by atoms with E-state index in [9.17, 15) is 0 Å². The van der Waals surface area contributed by atoms with Crippen LogP contribution in [0.15, 0.2) is 258 Å². The summed E-state index contributed by atoms with van der Waals surface area (Å²) in [5.41, 5.74) is 29.1. The van der Waals surface area contributed by atoms with E-state index in [0.717, 1.165) is 155 Å². The van der Waals surface area contributed by atoms with E-state index in [-0.39, 0.29) is 0 Å². The van der Waals surface area contributed by atoms with Gasteiger partial charge in [0, 0.05) is 99.4 Å². The molecule has 0 N–H and O–H groups in total. The van der Waals surface area contributed by atoms with Crippen molar-refractivity contribution in [2.45, 2.75) is 38.5 Å². The second kappa shape index (κ2) is 19.1. The van der Waals surface area contributed by atoms with Crippen molar-refractivity contribution in [3.8, 4) is 56.1 Å². The van der Waals surface area contributed by atoms with Gasteiger partial charge >= 0.3 is 0 Å². The Morgan fingerprint density at radius 3 is 1.09 bits per heavy atom. The standard InChI is InChI=1S/C84H56N4O2/c1-7-25-73-61(15-1)62-16-2-8-26-74(62)85(73)55-35-39-57(40-36-55)87-77-43-31-51(47-69(77)71-49-53(33-45-79(71)87)59-21-13-23-67-65-19-5-11-29-81(65)89-83(59)67)52-32-44-78-70(48-52)72-50-54(60-22-14-24-68-66-20-6-12-30-82(66)90-84(60)68)34-46-80(72)88(78)58-41-37-56(38-42-58)86-75-27-9-3-17-63(75)64-18-4-10-28-76(64)86/h1,5-15,19-50H,2-4,16-18H2. The highest BCUT2D eigenvalue weighted by molar-refractivity contribution is 6.17. The number of aryl methyl sites for hydroxylation is 1. The number of para-hydroxylation sites is 5. The molecule has 0 unspecified atom stereocenters. The molecule has 0 saturated carbocycles. The molecular formula is C84H56N4O2. The van der Waals surface area contributed by atoms with Crippen molar-refractivity contribution in [1.29, 1.82) is 0 Å². The number of furan rings is 2. The molecule has 17 aromatic rings. The van der Waals surface area contributed by atoms with Crippen LogP contribution in [0.1, 0.15) is 53.0 Å². The summed E-state index contributed by atoms with van der Waals surface area (Å²) in [7, 11) is 0. The molecule has 6 heteroatoms. The Bertz CT molecular complexity index is 5980. The number of benzene rings is 11. The van der Waals surface area contributed by atoms with E-state index in [4.69, 9.17) is 8.83 Å². The lowest BCUT2D eigenvalue weighted by molar-refractivity contribution is 0.669. The number of allylic oxidation sites excluding steroid dienone is 3. The molecule has 3 aliphatic rings. The van der Waals surface area contributed by atoms with Crippen LogP contribution in [-0.4, -0.2) is 18.3 Å². The summed E-state index contributed by atoms with van der Waals surface area (Å²) in [5, 5.41) is 10.6. The minimum atomic E-state index is 0.896. The lowest BCUT2D eigenvalue weighted by Gasteiger charge is -2.15. The fraction of sp³-hybridized carbons (Fsp3) is 0.0714. The van der Waals surface area contributed by atoms with Crippen LogP contribution in [0.5, 0.6) is 0 Å². The van der Waals surface area contributed by atoms with Gasteiger partial charge in [0.25, 0.3) is 0 Å². The molecule has 0 fully saturated rings. The topological polar surface area (TPSA) is 46.0 Å². The first-order valence-corrected chi connectivity index (χ1v) is 31.7. The van der Waals surface area contributed by atoms with Gasteiger partial charge in [-0.3, -0.25) is 0 Å². The SMILES string of the molecule is C1=Cc2c(c3c(n2-c2ccc(-n4c5ccc(-c6ccc7c(c6)c6cc(-c8cccc9c8oc8ccccc89)ccc6n7-c6ccc(-n7c8c(c9ccccc97)CCC=C8)cc6)cc5c5cc(-c6cccc7c6oc6ccccc67)ccc54)cc2)C=CCC3)CC1. The van der Waals surface area contributed by atoms with Gasteiger partial charge in [-0.2, -0.15) is 0 Å². The highest BCUT2D eigenvalue weighted by atomic mass is 16.3. The van der Waals surface area contributed by atoms with Gasteiger partial charge in [-0.1, -0.05) is 133 Å². The molecule has 20 rings (SSSR count). The van der Waals surface area contributed by atoms with Gasteiger partial charge in [-0.25, -0.2) is 0 Å². The van der Waals surface area contributed by atoms with E-state index in [0.29, 0.717) is 0 Å². The molecule has 0 atom stereocenters. The molecular weight excluding hydrogens is 1100 g/mol. The molecule has 0 saturated heterocycles. The van der Waals surface area contributed by atoms with Crippen LogP contribution < -0.4 is 0 Å². The zero-order valence-corrected chi connectivity index (χ0v) is 49.3. The Morgan fingerprint density at radius 2 is 0.611 bits per heavy atom. The zero-order valence-electron chi connectivity index (χ0n) is 49.3. The van der Waals surface area contributed by atoms with Gasteiger partial charge in [-0.15, -0.1) is 0 Å². The monoisotopic (exact) mass is 1150 g/mol. The molecule has 0 aliphatic heterocycles. The number of rotatable bonds is 7. The fourth-order valence-electron chi connectivity index (χ4n) is 16.0. The molecule has 424 valence electrons. The lowest BCUT2D eigenvalue weighted by Crippen LogP contribution is -2.03. The van der Waals surface area contributed by atoms with E-state index < -0.39 is 0 Å². The summed E-state index contributed by atoms with van der Waals surface area (Å²) in [6.45, 7) is 0. The van der Waals surface area contributed by atoms with Crippen molar-refractivity contribution < 1.29 is 8.83 Å². The zero-order chi connectivity index (χ0) is 58.7. The van der Waals surface area contributed by atoms with Crippen molar-refractivity contribution in [2.75, 3.05) is 0 Å². The Kier molecular flexibility index (Phi) is 10.5. The summed E-state index contributed by atoms with van der Waals surface area (Å²) < 4.78 is 23.2. The summed E-state index contributed by atoms with van der Waals surface area (Å²) in [4.78, 5) is 0. The van der Waals surface area contributed by atoms with Crippen LogP contribution in [0.2, 0.25) is 0 Å². The Labute approximate surface area is 518 Å². The molecule has 6 nitrogen and oxygen atoms in total. The third-order valence-electron chi connectivity index (χ3n) is 20.0. The van der Waals surface area contributed by atoms with Gasteiger partial charge in [0.15, 0.2) is 0 Å². The van der Waals surface area contributed by atoms with Gasteiger partial charge < -0.3 is 27.1 Å². The van der Waals surface area contributed by atoms with Crippen LogP contribution in [0.3, 0.4) is 0 Å². The fourth-order valence-corrected chi connectivity index (χ4v) is 16.0. The highest BCUT2D eigenvalue weighted by Crippen LogP contribution is 2.45. The maximum Gasteiger partial charge on any atom is 0.143 e. The van der Waals surface area contributed by atoms with Gasteiger partial charge in [0.2, 0.25) is 0 Å². The number of fused-ring (bicyclic) bond motifs is 18.